The summed E-state index contributed by atoms with van der Waals surface area (Å²) in [6.07, 6.45) is 0. The lowest BCUT2D eigenvalue weighted by molar-refractivity contribution is 0.0743. The zero-order valence-electron chi connectivity index (χ0n) is 15.0. The van der Waals surface area contributed by atoms with E-state index >= 15 is 0 Å². The summed E-state index contributed by atoms with van der Waals surface area (Å²) in [5.41, 5.74) is 1.61. The molecule has 0 saturated carbocycles. The monoisotopic (exact) mass is 401 g/mol. The van der Waals surface area contributed by atoms with Gasteiger partial charge in [-0.25, -0.2) is 9.37 Å². The van der Waals surface area contributed by atoms with Crippen molar-refractivity contribution in [2.75, 3.05) is 36.8 Å². The highest BCUT2D eigenvalue weighted by Gasteiger charge is 2.25. The van der Waals surface area contributed by atoms with Crippen LogP contribution in [0.1, 0.15) is 17.3 Å². The Morgan fingerprint density at radius 2 is 1.96 bits per heavy atom. The number of thiazole rings is 1. The number of rotatable bonds is 4. The SMILES string of the molecule is CCSc1ccccc1C(=O)N1CCN(c2nc3ccc(F)cc3s2)CC1. The molecule has 4 rings (SSSR count). The van der Waals surface area contributed by atoms with Crippen molar-refractivity contribution in [3.63, 3.8) is 0 Å². The number of carbonyl (C=O) groups excluding carboxylic acids is 1. The van der Waals surface area contributed by atoms with Crippen LogP contribution in [0.4, 0.5) is 9.52 Å². The predicted molar refractivity (Wildman–Crippen MR) is 111 cm³/mol. The Kier molecular flexibility index (Phi) is 5.31. The maximum absolute atomic E-state index is 13.4. The maximum Gasteiger partial charge on any atom is 0.255 e. The van der Waals surface area contributed by atoms with Crippen LogP contribution in [-0.2, 0) is 0 Å². The summed E-state index contributed by atoms with van der Waals surface area (Å²) in [6.45, 7) is 4.88. The van der Waals surface area contributed by atoms with Crippen LogP contribution in [0.2, 0.25) is 0 Å². The summed E-state index contributed by atoms with van der Waals surface area (Å²) in [6, 6.07) is 12.5. The molecule has 1 amide bonds. The van der Waals surface area contributed by atoms with E-state index in [9.17, 15) is 9.18 Å². The van der Waals surface area contributed by atoms with E-state index in [1.54, 1.807) is 17.8 Å². The lowest BCUT2D eigenvalue weighted by Gasteiger charge is -2.34. The molecular weight excluding hydrogens is 381 g/mol. The van der Waals surface area contributed by atoms with Crippen LogP contribution in [0.5, 0.6) is 0 Å². The molecule has 0 bridgehead atoms. The van der Waals surface area contributed by atoms with E-state index in [1.165, 1.54) is 23.5 Å². The molecule has 3 aromatic rings. The highest BCUT2D eigenvalue weighted by Crippen LogP contribution is 2.30. The van der Waals surface area contributed by atoms with Crippen LogP contribution in [-0.4, -0.2) is 47.7 Å². The molecule has 1 aliphatic heterocycles. The van der Waals surface area contributed by atoms with Crippen molar-refractivity contribution in [2.24, 2.45) is 0 Å². The molecule has 0 atom stereocenters. The van der Waals surface area contributed by atoms with Crippen LogP contribution >= 0.6 is 23.1 Å². The Balaban J connectivity index is 1.46. The Labute approximate surface area is 166 Å². The normalized spacial score (nSPS) is 14.7. The number of piperazine rings is 1. The molecule has 27 heavy (non-hydrogen) atoms. The summed E-state index contributed by atoms with van der Waals surface area (Å²) >= 11 is 3.20. The minimum absolute atomic E-state index is 0.0950. The van der Waals surface area contributed by atoms with Crippen molar-refractivity contribution in [3.05, 3.63) is 53.8 Å². The van der Waals surface area contributed by atoms with Crippen LogP contribution in [0.3, 0.4) is 0 Å². The molecule has 1 fully saturated rings. The van der Waals surface area contributed by atoms with Crippen molar-refractivity contribution in [2.45, 2.75) is 11.8 Å². The number of amides is 1. The highest BCUT2D eigenvalue weighted by molar-refractivity contribution is 7.99. The minimum atomic E-state index is -0.239. The largest absolute Gasteiger partial charge is 0.345 e. The second kappa shape index (κ2) is 7.86. The van der Waals surface area contributed by atoms with E-state index < -0.39 is 0 Å². The van der Waals surface area contributed by atoms with E-state index in [0.717, 1.165) is 44.6 Å². The second-order valence-electron chi connectivity index (χ2n) is 6.32. The minimum Gasteiger partial charge on any atom is -0.345 e. The Morgan fingerprint density at radius 3 is 2.74 bits per heavy atom. The Bertz CT molecular complexity index is 967. The first-order valence-corrected chi connectivity index (χ1v) is 10.8. The van der Waals surface area contributed by atoms with Gasteiger partial charge in [-0.15, -0.1) is 11.8 Å². The fourth-order valence-corrected chi connectivity index (χ4v) is 5.06. The summed E-state index contributed by atoms with van der Waals surface area (Å²) in [7, 11) is 0. The molecule has 0 N–H and O–H groups in total. The zero-order valence-corrected chi connectivity index (χ0v) is 16.7. The van der Waals surface area contributed by atoms with Crippen LogP contribution in [0, 0.1) is 5.82 Å². The number of fused-ring (bicyclic) bond motifs is 1. The van der Waals surface area contributed by atoms with E-state index in [4.69, 9.17) is 0 Å². The first-order chi connectivity index (χ1) is 13.2. The van der Waals surface area contributed by atoms with E-state index in [2.05, 4.69) is 16.8 Å². The standard InChI is InChI=1S/C20H20FN3OS2/c1-2-26-17-6-4-3-5-15(17)19(25)23-9-11-24(12-10-23)20-22-16-8-7-14(21)13-18(16)27-20/h3-8,13H,2,9-12H2,1H3. The third kappa shape index (κ3) is 3.80. The molecule has 0 unspecified atom stereocenters. The topological polar surface area (TPSA) is 36.4 Å². The van der Waals surface area contributed by atoms with Gasteiger partial charge < -0.3 is 9.80 Å². The fraction of sp³-hybridized carbons (Fsp3) is 0.300. The van der Waals surface area contributed by atoms with Gasteiger partial charge in [0.25, 0.3) is 5.91 Å². The second-order valence-corrected chi connectivity index (χ2v) is 8.63. The average Bonchev–Trinajstić information content (AvgIpc) is 3.11. The van der Waals surface area contributed by atoms with Crippen molar-refractivity contribution < 1.29 is 9.18 Å². The number of carbonyl (C=O) groups is 1. The number of thioether (sulfide) groups is 1. The molecule has 0 spiro atoms. The predicted octanol–water partition coefficient (Wildman–Crippen LogP) is 4.51. The van der Waals surface area contributed by atoms with Crippen LogP contribution < -0.4 is 4.90 Å². The van der Waals surface area contributed by atoms with Crippen molar-refractivity contribution in [3.8, 4) is 0 Å². The number of halogens is 1. The lowest BCUT2D eigenvalue weighted by Crippen LogP contribution is -2.48. The summed E-state index contributed by atoms with van der Waals surface area (Å²) in [5, 5.41) is 0.893. The van der Waals surface area contributed by atoms with Crippen LogP contribution in [0.25, 0.3) is 10.2 Å². The molecule has 2 heterocycles. The van der Waals surface area contributed by atoms with Gasteiger partial charge in [0.05, 0.1) is 15.8 Å². The molecule has 140 valence electrons. The van der Waals surface area contributed by atoms with Gasteiger partial charge in [-0.3, -0.25) is 4.79 Å². The molecule has 1 aliphatic rings. The van der Waals surface area contributed by atoms with Gasteiger partial charge in [0.15, 0.2) is 5.13 Å². The third-order valence-corrected chi connectivity index (χ3v) is 6.63. The van der Waals surface area contributed by atoms with Crippen molar-refractivity contribution in [1.29, 1.82) is 0 Å². The molecule has 1 aromatic heterocycles. The number of nitrogens with zero attached hydrogens (tertiary/aromatic N) is 3. The molecule has 4 nitrogen and oxygen atoms in total. The van der Waals surface area contributed by atoms with Crippen molar-refractivity contribution >= 4 is 44.4 Å². The smallest absolute Gasteiger partial charge is 0.255 e. The molecular formula is C20H20FN3OS2. The average molecular weight is 402 g/mol. The van der Waals surface area contributed by atoms with E-state index in [1.807, 2.05) is 29.2 Å². The van der Waals surface area contributed by atoms with Gasteiger partial charge >= 0.3 is 0 Å². The summed E-state index contributed by atoms with van der Waals surface area (Å²) < 4.78 is 14.3. The van der Waals surface area contributed by atoms with Gasteiger partial charge in [-0.2, -0.15) is 0 Å². The first-order valence-electron chi connectivity index (χ1n) is 8.98. The highest BCUT2D eigenvalue weighted by atomic mass is 32.2. The maximum atomic E-state index is 13.4. The Hall–Kier alpha value is -2.12. The molecule has 1 saturated heterocycles. The number of benzene rings is 2. The van der Waals surface area contributed by atoms with Crippen LogP contribution in [0.15, 0.2) is 47.4 Å². The number of hydrogen-bond donors (Lipinski definition) is 0. The summed E-state index contributed by atoms with van der Waals surface area (Å²) in [5.74, 6) is 0.797. The van der Waals surface area contributed by atoms with Gasteiger partial charge in [0.1, 0.15) is 5.82 Å². The molecule has 7 heteroatoms. The van der Waals surface area contributed by atoms with E-state index in [-0.39, 0.29) is 11.7 Å². The van der Waals surface area contributed by atoms with Gasteiger partial charge in [0.2, 0.25) is 0 Å². The number of anilines is 1. The quantitative estimate of drug-likeness (QED) is 0.603. The number of hydrogen-bond acceptors (Lipinski definition) is 5. The van der Waals surface area contributed by atoms with Gasteiger partial charge in [-0.1, -0.05) is 30.4 Å². The van der Waals surface area contributed by atoms with Gasteiger partial charge in [-0.05, 0) is 36.1 Å². The van der Waals surface area contributed by atoms with Gasteiger partial charge in [0, 0.05) is 31.1 Å². The molecule has 2 aromatic carbocycles. The lowest BCUT2D eigenvalue weighted by atomic mass is 10.2. The molecule has 0 aliphatic carbocycles. The number of aromatic nitrogens is 1. The summed E-state index contributed by atoms with van der Waals surface area (Å²) in [4.78, 5) is 22.7. The third-order valence-electron chi connectivity index (χ3n) is 4.59. The van der Waals surface area contributed by atoms with E-state index in [0.29, 0.717) is 13.1 Å². The Morgan fingerprint density at radius 1 is 1.19 bits per heavy atom. The first kappa shape index (κ1) is 18.3. The molecule has 0 radical (unpaired) electrons. The van der Waals surface area contributed by atoms with Crippen molar-refractivity contribution in [1.82, 2.24) is 9.88 Å². The zero-order chi connectivity index (χ0) is 18.8. The fourth-order valence-electron chi connectivity index (χ4n) is 3.22.